The Morgan fingerprint density at radius 1 is 1.50 bits per heavy atom. The maximum absolute atomic E-state index is 9.60. The quantitative estimate of drug-likeness (QED) is 0.587. The van der Waals surface area contributed by atoms with Crippen LogP contribution in [0.2, 0.25) is 0 Å². The first-order chi connectivity index (χ1) is 7.39. The van der Waals surface area contributed by atoms with Crippen LogP contribution in [-0.2, 0) is 9.53 Å². The minimum absolute atomic E-state index is 0.119. The predicted molar refractivity (Wildman–Crippen MR) is 61.0 cm³/mol. The van der Waals surface area contributed by atoms with Gasteiger partial charge in [0.15, 0.2) is 0 Å². The van der Waals surface area contributed by atoms with Gasteiger partial charge in [-0.2, -0.15) is 0 Å². The maximum Gasteiger partial charge on any atom is 0.293 e. The Kier molecular flexibility index (Phi) is 7.29. The Labute approximate surface area is 96.8 Å². The van der Waals surface area contributed by atoms with Crippen LogP contribution in [0, 0.1) is 0 Å². The van der Waals surface area contributed by atoms with E-state index in [2.05, 4.69) is 10.1 Å². The second-order valence-electron chi connectivity index (χ2n) is 4.84. The molecular weight excluding hydrogens is 210 g/mol. The number of nitrogens with one attached hydrogen (secondary N) is 1. The first-order valence-electron chi connectivity index (χ1n) is 5.53. The number of aliphatic hydroxyl groups excluding tert-OH is 2. The molecule has 5 nitrogen and oxygen atoms in total. The Hall–Kier alpha value is -0.650. The molecule has 16 heavy (non-hydrogen) atoms. The van der Waals surface area contributed by atoms with Gasteiger partial charge in [-0.3, -0.25) is 4.79 Å². The van der Waals surface area contributed by atoms with E-state index in [1.54, 1.807) is 0 Å². The summed E-state index contributed by atoms with van der Waals surface area (Å²) < 4.78 is 4.55. The van der Waals surface area contributed by atoms with E-state index in [0.717, 1.165) is 13.0 Å². The van der Waals surface area contributed by atoms with E-state index < -0.39 is 0 Å². The van der Waals surface area contributed by atoms with Crippen LogP contribution in [0.3, 0.4) is 0 Å². The fourth-order valence-electron chi connectivity index (χ4n) is 1.27. The molecule has 0 aromatic carbocycles. The average Bonchev–Trinajstić information content (AvgIpc) is 2.17. The summed E-state index contributed by atoms with van der Waals surface area (Å²) >= 11 is 0. The minimum atomic E-state index is -0.318. The fourth-order valence-corrected chi connectivity index (χ4v) is 1.27. The van der Waals surface area contributed by atoms with Crippen molar-refractivity contribution in [3.63, 3.8) is 0 Å². The molecule has 5 heteroatoms. The van der Waals surface area contributed by atoms with Crippen molar-refractivity contribution in [1.29, 1.82) is 0 Å². The smallest absolute Gasteiger partial charge is 0.293 e. The number of hydrogen-bond donors (Lipinski definition) is 3. The second kappa shape index (κ2) is 7.60. The molecule has 1 rings (SSSR count). The summed E-state index contributed by atoms with van der Waals surface area (Å²) in [6.07, 6.45) is 1.30. The molecule has 0 radical (unpaired) electrons. The Morgan fingerprint density at radius 2 is 2.12 bits per heavy atom. The van der Waals surface area contributed by atoms with Crippen molar-refractivity contribution in [2.75, 3.05) is 13.2 Å². The molecule has 2 atom stereocenters. The zero-order valence-corrected chi connectivity index (χ0v) is 10.3. The summed E-state index contributed by atoms with van der Waals surface area (Å²) in [4.78, 5) is 9.60. The molecule has 0 saturated carbocycles. The normalized spacial score (nSPS) is 25.3. The van der Waals surface area contributed by atoms with Crippen molar-refractivity contribution in [3.05, 3.63) is 0 Å². The zero-order valence-electron chi connectivity index (χ0n) is 10.3. The Morgan fingerprint density at radius 3 is 2.38 bits per heavy atom. The lowest BCUT2D eigenvalue weighted by Crippen LogP contribution is -2.42. The van der Waals surface area contributed by atoms with Crippen LogP contribution in [0.1, 0.15) is 33.6 Å². The molecular formula is C11H23NO4. The third-order valence-electron chi connectivity index (χ3n) is 2.09. The second-order valence-corrected chi connectivity index (χ2v) is 4.84. The monoisotopic (exact) mass is 233 g/mol. The van der Waals surface area contributed by atoms with Gasteiger partial charge in [-0.15, -0.1) is 0 Å². The lowest BCUT2D eigenvalue weighted by molar-refractivity contribution is -0.138. The molecule has 2 unspecified atom stereocenters. The Balaban J connectivity index is 0.000000293. The summed E-state index contributed by atoms with van der Waals surface area (Å²) in [6, 6.07) is 0.119. The highest BCUT2D eigenvalue weighted by Crippen LogP contribution is 2.06. The molecule has 0 aromatic heterocycles. The number of piperidine rings is 1. The number of rotatable bonds is 2. The van der Waals surface area contributed by atoms with Gasteiger partial charge in [0.25, 0.3) is 6.47 Å². The van der Waals surface area contributed by atoms with Crippen molar-refractivity contribution < 1.29 is 19.7 Å². The molecule has 1 fully saturated rings. The number of hydrogen-bond acceptors (Lipinski definition) is 5. The fraction of sp³-hybridized carbons (Fsp3) is 0.909. The van der Waals surface area contributed by atoms with Crippen LogP contribution < -0.4 is 5.32 Å². The van der Waals surface area contributed by atoms with E-state index in [1.165, 1.54) is 0 Å². The van der Waals surface area contributed by atoms with Crippen molar-refractivity contribution in [1.82, 2.24) is 5.32 Å². The van der Waals surface area contributed by atoms with E-state index in [0.29, 0.717) is 12.9 Å². The molecule has 1 saturated heterocycles. The summed E-state index contributed by atoms with van der Waals surface area (Å²) in [5, 5.41) is 20.8. The van der Waals surface area contributed by atoms with Gasteiger partial charge in [-0.25, -0.2) is 0 Å². The van der Waals surface area contributed by atoms with E-state index >= 15 is 0 Å². The van der Waals surface area contributed by atoms with E-state index in [4.69, 9.17) is 10.2 Å². The summed E-state index contributed by atoms with van der Waals surface area (Å²) in [5.74, 6) is 0. The Bertz CT molecular complexity index is 191. The first kappa shape index (κ1) is 15.3. The molecule has 3 N–H and O–H groups in total. The van der Waals surface area contributed by atoms with Gasteiger partial charge in [-0.1, -0.05) is 0 Å². The van der Waals surface area contributed by atoms with E-state index in [-0.39, 0.29) is 24.4 Å². The van der Waals surface area contributed by atoms with Gasteiger partial charge >= 0.3 is 0 Å². The van der Waals surface area contributed by atoms with Crippen molar-refractivity contribution in [2.24, 2.45) is 0 Å². The van der Waals surface area contributed by atoms with Crippen LogP contribution in [0.25, 0.3) is 0 Å². The van der Waals surface area contributed by atoms with E-state index in [1.807, 2.05) is 20.8 Å². The van der Waals surface area contributed by atoms with Gasteiger partial charge < -0.3 is 20.3 Å². The lowest BCUT2D eigenvalue weighted by Gasteiger charge is -2.25. The van der Waals surface area contributed by atoms with Crippen LogP contribution in [0.15, 0.2) is 0 Å². The lowest BCUT2D eigenvalue weighted by atomic mass is 10.0. The number of aliphatic hydroxyl groups is 2. The van der Waals surface area contributed by atoms with Gasteiger partial charge in [0.2, 0.25) is 0 Å². The summed E-state index contributed by atoms with van der Waals surface area (Å²) in [5.41, 5.74) is -0.318. The number of carbonyl (C=O) groups is 1. The SMILES string of the molecule is CC(C)(C)OC=O.OCC1CC(O)CCN1. The molecule has 1 aliphatic heterocycles. The van der Waals surface area contributed by atoms with Crippen LogP contribution in [0.5, 0.6) is 0 Å². The van der Waals surface area contributed by atoms with Crippen LogP contribution in [0.4, 0.5) is 0 Å². The van der Waals surface area contributed by atoms with Crippen molar-refractivity contribution >= 4 is 6.47 Å². The van der Waals surface area contributed by atoms with Gasteiger partial charge in [0.05, 0.1) is 12.7 Å². The molecule has 0 amide bonds. The number of ether oxygens (including phenoxy) is 1. The molecule has 1 heterocycles. The van der Waals surface area contributed by atoms with Gasteiger partial charge in [-0.05, 0) is 40.2 Å². The van der Waals surface area contributed by atoms with Crippen molar-refractivity contribution in [2.45, 2.75) is 51.4 Å². The van der Waals surface area contributed by atoms with Crippen LogP contribution in [-0.4, -0.2) is 47.6 Å². The third kappa shape index (κ3) is 8.64. The average molecular weight is 233 g/mol. The van der Waals surface area contributed by atoms with E-state index in [9.17, 15) is 4.79 Å². The highest BCUT2D eigenvalue weighted by atomic mass is 16.5. The molecule has 0 spiro atoms. The number of carbonyl (C=O) groups excluding carboxylic acids is 1. The highest BCUT2D eigenvalue weighted by molar-refractivity contribution is 5.37. The predicted octanol–water partition coefficient (Wildman–Crippen LogP) is 0.0495. The molecule has 96 valence electrons. The summed E-state index contributed by atoms with van der Waals surface area (Å²) in [7, 11) is 0. The maximum atomic E-state index is 9.60. The topological polar surface area (TPSA) is 78.8 Å². The highest BCUT2D eigenvalue weighted by Gasteiger charge is 2.17. The largest absolute Gasteiger partial charge is 0.462 e. The minimum Gasteiger partial charge on any atom is -0.462 e. The van der Waals surface area contributed by atoms with Gasteiger partial charge in [0, 0.05) is 6.04 Å². The zero-order chi connectivity index (χ0) is 12.6. The molecule has 1 aliphatic rings. The molecule has 0 bridgehead atoms. The van der Waals surface area contributed by atoms with Gasteiger partial charge in [0.1, 0.15) is 5.60 Å². The molecule has 0 aliphatic carbocycles. The van der Waals surface area contributed by atoms with Crippen LogP contribution >= 0.6 is 0 Å². The third-order valence-corrected chi connectivity index (χ3v) is 2.09. The molecule has 0 aromatic rings. The summed E-state index contributed by atoms with van der Waals surface area (Å²) in [6.45, 7) is 6.88. The first-order valence-corrected chi connectivity index (χ1v) is 5.53. The standard InChI is InChI=1S/C6H13NO2.C5H10O2/c8-4-5-3-6(9)1-2-7-5;1-5(2,3)7-4-6/h5-9H,1-4H2;4H,1-3H3. The van der Waals surface area contributed by atoms with Crippen molar-refractivity contribution in [3.8, 4) is 0 Å².